The van der Waals surface area contributed by atoms with Crippen molar-refractivity contribution in [1.82, 2.24) is 0 Å². The molecule has 2 atom stereocenters. The summed E-state index contributed by atoms with van der Waals surface area (Å²) in [5, 5.41) is 0. The predicted molar refractivity (Wildman–Crippen MR) is 111 cm³/mol. The molecule has 4 aliphatic carbocycles. The van der Waals surface area contributed by atoms with Gasteiger partial charge in [0.2, 0.25) is 0 Å². The monoisotopic (exact) mass is 398 g/mol. The number of rotatable bonds is 6. The molecule has 5 rings (SSSR count). The Hall–Kier alpha value is -1.84. The second-order valence-electron chi connectivity index (χ2n) is 9.71. The van der Waals surface area contributed by atoms with Crippen LogP contribution in [0.3, 0.4) is 0 Å². The van der Waals surface area contributed by atoms with E-state index in [0.29, 0.717) is 23.7 Å². The van der Waals surface area contributed by atoms with E-state index >= 15 is 0 Å². The Balaban J connectivity index is 1.38. The maximum absolute atomic E-state index is 13.1. The zero-order chi connectivity index (χ0) is 20.7. The molecule has 4 aliphatic rings. The van der Waals surface area contributed by atoms with Crippen molar-refractivity contribution in [3.8, 4) is 0 Å². The van der Waals surface area contributed by atoms with Crippen LogP contribution in [0.1, 0.15) is 70.1 Å². The third-order valence-corrected chi connectivity index (χ3v) is 7.75. The van der Waals surface area contributed by atoms with Crippen molar-refractivity contribution in [2.24, 2.45) is 35.5 Å². The minimum Gasteiger partial charge on any atom is -0.462 e. The van der Waals surface area contributed by atoms with Crippen molar-refractivity contribution >= 4 is 11.9 Å². The summed E-state index contributed by atoms with van der Waals surface area (Å²) in [7, 11) is 0. The van der Waals surface area contributed by atoms with Gasteiger partial charge in [0.25, 0.3) is 0 Å². The number of hydrogen-bond donors (Lipinski definition) is 0. The first-order chi connectivity index (χ1) is 13.9. The zero-order valence-electron chi connectivity index (χ0n) is 18.1. The molecule has 4 bridgehead atoms. The number of hydrogen-bond acceptors (Lipinski definition) is 4. The summed E-state index contributed by atoms with van der Waals surface area (Å²) in [4.78, 5) is 25.4. The molecule has 4 saturated carbocycles. The third-order valence-electron chi connectivity index (χ3n) is 7.75. The molecular weight excluding hydrogens is 364 g/mol. The van der Waals surface area contributed by atoms with Crippen molar-refractivity contribution in [3.05, 3.63) is 35.4 Å². The predicted octanol–water partition coefficient (Wildman–Crippen LogP) is 5.24. The molecule has 0 N–H and O–H groups in total. The molecule has 0 aromatic heterocycles. The summed E-state index contributed by atoms with van der Waals surface area (Å²) in [6.45, 7) is 7.99. The number of benzene rings is 1. The Morgan fingerprint density at radius 3 is 2.03 bits per heavy atom. The number of aryl methyl sites for hydroxylation is 1. The Bertz CT molecular complexity index is 723. The zero-order valence-corrected chi connectivity index (χ0v) is 18.1. The van der Waals surface area contributed by atoms with Crippen LogP contribution in [0, 0.1) is 42.4 Å². The highest BCUT2D eigenvalue weighted by atomic mass is 16.5. The standard InChI is InChI=1S/C25H34O4/c1-5-15(3)24(26)29-23-20-10-18-11-21(23)13-19(12-20)22(18)25(27)28-16(4)17-8-6-14(2)7-9-17/h6-9,15-16,18-23H,5,10-13H2,1-4H3. The molecule has 0 amide bonds. The molecule has 29 heavy (non-hydrogen) atoms. The van der Waals surface area contributed by atoms with Gasteiger partial charge < -0.3 is 9.47 Å². The summed E-state index contributed by atoms with van der Waals surface area (Å²) in [5.74, 6) is 1.52. The highest BCUT2D eigenvalue weighted by molar-refractivity contribution is 5.74. The first-order valence-corrected chi connectivity index (χ1v) is 11.3. The Labute approximate surface area is 174 Å². The first kappa shape index (κ1) is 20.4. The number of carbonyl (C=O) groups is 2. The van der Waals surface area contributed by atoms with Crippen LogP contribution in [-0.2, 0) is 19.1 Å². The lowest BCUT2D eigenvalue weighted by molar-refractivity contribution is -0.191. The molecule has 0 heterocycles. The Kier molecular flexibility index (Phi) is 5.72. The van der Waals surface area contributed by atoms with Crippen LogP contribution >= 0.6 is 0 Å². The van der Waals surface area contributed by atoms with E-state index in [0.717, 1.165) is 37.7 Å². The first-order valence-electron chi connectivity index (χ1n) is 11.3. The van der Waals surface area contributed by atoms with Crippen molar-refractivity contribution in [3.63, 3.8) is 0 Å². The van der Waals surface area contributed by atoms with Crippen molar-refractivity contribution in [1.29, 1.82) is 0 Å². The van der Waals surface area contributed by atoms with E-state index in [1.807, 2.05) is 32.9 Å². The average Bonchev–Trinajstić information content (AvgIpc) is 2.69. The van der Waals surface area contributed by atoms with Gasteiger partial charge in [-0.25, -0.2) is 0 Å². The van der Waals surface area contributed by atoms with Gasteiger partial charge >= 0.3 is 11.9 Å². The van der Waals surface area contributed by atoms with E-state index in [1.54, 1.807) is 0 Å². The highest BCUT2D eigenvalue weighted by Crippen LogP contribution is 2.58. The minimum absolute atomic E-state index is 0.0154. The van der Waals surface area contributed by atoms with E-state index in [2.05, 4.69) is 19.1 Å². The lowest BCUT2D eigenvalue weighted by Gasteiger charge is -2.56. The van der Waals surface area contributed by atoms with E-state index in [9.17, 15) is 9.59 Å². The fourth-order valence-corrected chi connectivity index (χ4v) is 5.99. The van der Waals surface area contributed by atoms with Gasteiger partial charge in [0.05, 0.1) is 11.8 Å². The van der Waals surface area contributed by atoms with Crippen LogP contribution in [0.4, 0.5) is 0 Å². The molecule has 2 unspecified atom stereocenters. The summed E-state index contributed by atoms with van der Waals surface area (Å²) in [5.41, 5.74) is 2.25. The molecule has 0 spiro atoms. The van der Waals surface area contributed by atoms with Crippen LogP contribution in [0.15, 0.2) is 24.3 Å². The van der Waals surface area contributed by atoms with Gasteiger partial charge in [0.15, 0.2) is 0 Å². The summed E-state index contributed by atoms with van der Waals surface area (Å²) in [6.07, 6.45) is 4.62. The maximum Gasteiger partial charge on any atom is 0.310 e. The molecular formula is C25H34O4. The van der Waals surface area contributed by atoms with Gasteiger partial charge in [-0.3, -0.25) is 9.59 Å². The molecule has 1 aromatic rings. The lowest BCUT2D eigenvalue weighted by Crippen LogP contribution is -2.56. The van der Waals surface area contributed by atoms with Crippen LogP contribution in [0.2, 0.25) is 0 Å². The number of esters is 2. The largest absolute Gasteiger partial charge is 0.462 e. The van der Waals surface area contributed by atoms with Gasteiger partial charge in [-0.05, 0) is 75.2 Å². The fourth-order valence-electron chi connectivity index (χ4n) is 5.99. The normalized spacial score (nSPS) is 34.5. The van der Waals surface area contributed by atoms with Crippen molar-refractivity contribution in [2.75, 3.05) is 0 Å². The van der Waals surface area contributed by atoms with Crippen molar-refractivity contribution in [2.45, 2.75) is 72.0 Å². The molecule has 4 heteroatoms. The van der Waals surface area contributed by atoms with Gasteiger partial charge in [0.1, 0.15) is 12.2 Å². The van der Waals surface area contributed by atoms with Gasteiger partial charge in [-0.1, -0.05) is 43.7 Å². The smallest absolute Gasteiger partial charge is 0.310 e. The molecule has 0 aliphatic heterocycles. The lowest BCUT2D eigenvalue weighted by atomic mass is 9.50. The topological polar surface area (TPSA) is 52.6 Å². The van der Waals surface area contributed by atoms with Crippen LogP contribution in [0.5, 0.6) is 0 Å². The quantitative estimate of drug-likeness (QED) is 0.615. The van der Waals surface area contributed by atoms with E-state index in [4.69, 9.17) is 9.47 Å². The Morgan fingerprint density at radius 1 is 0.966 bits per heavy atom. The van der Waals surface area contributed by atoms with E-state index in [-0.39, 0.29) is 36.0 Å². The van der Waals surface area contributed by atoms with Crippen LogP contribution in [-0.4, -0.2) is 18.0 Å². The summed E-state index contributed by atoms with van der Waals surface area (Å²) >= 11 is 0. The van der Waals surface area contributed by atoms with Gasteiger partial charge in [-0.2, -0.15) is 0 Å². The number of carbonyl (C=O) groups excluding carboxylic acids is 2. The summed E-state index contributed by atoms with van der Waals surface area (Å²) in [6, 6.07) is 8.20. The van der Waals surface area contributed by atoms with E-state index < -0.39 is 0 Å². The molecule has 0 radical (unpaired) electrons. The summed E-state index contributed by atoms with van der Waals surface area (Å²) < 4.78 is 11.9. The third kappa shape index (κ3) is 3.95. The van der Waals surface area contributed by atoms with Crippen LogP contribution < -0.4 is 0 Å². The van der Waals surface area contributed by atoms with Crippen LogP contribution in [0.25, 0.3) is 0 Å². The molecule has 158 valence electrons. The molecule has 4 nitrogen and oxygen atoms in total. The second-order valence-corrected chi connectivity index (χ2v) is 9.71. The molecule has 4 fully saturated rings. The van der Waals surface area contributed by atoms with Gasteiger partial charge in [0, 0.05) is 0 Å². The van der Waals surface area contributed by atoms with E-state index in [1.165, 1.54) is 5.56 Å². The van der Waals surface area contributed by atoms with Crippen molar-refractivity contribution < 1.29 is 19.1 Å². The Morgan fingerprint density at radius 2 is 1.52 bits per heavy atom. The molecule has 0 saturated heterocycles. The SMILES string of the molecule is CCC(C)C(=O)OC1C2CC3CC1CC(C2)C3C(=O)OC(C)c1ccc(C)cc1. The number of ether oxygens (including phenoxy) is 2. The maximum atomic E-state index is 13.1. The minimum atomic E-state index is -0.218. The fraction of sp³-hybridized carbons (Fsp3) is 0.680. The average molecular weight is 399 g/mol. The van der Waals surface area contributed by atoms with Gasteiger partial charge in [-0.15, -0.1) is 0 Å². The highest BCUT2D eigenvalue weighted by Gasteiger charge is 2.56. The second kappa shape index (κ2) is 8.12. The molecule has 1 aromatic carbocycles.